The number of nitrogens with one attached hydrogen (secondary N) is 1. The van der Waals surface area contributed by atoms with Gasteiger partial charge in [-0.3, -0.25) is 4.79 Å². The van der Waals surface area contributed by atoms with Crippen LogP contribution in [0.25, 0.3) is 0 Å². The largest absolute Gasteiger partial charge is 0.387 e. The highest BCUT2D eigenvalue weighted by Crippen LogP contribution is 2.16. The van der Waals surface area contributed by atoms with Gasteiger partial charge in [0.25, 0.3) is 0 Å². The summed E-state index contributed by atoms with van der Waals surface area (Å²) in [5.74, 6) is 1.87. The van der Waals surface area contributed by atoms with Gasteiger partial charge in [0.1, 0.15) is 0 Å². The summed E-state index contributed by atoms with van der Waals surface area (Å²) in [7, 11) is 0. The highest BCUT2D eigenvalue weighted by Gasteiger charge is 2.11. The van der Waals surface area contributed by atoms with E-state index in [0.717, 1.165) is 22.6 Å². The average molecular weight is 267 g/mol. The minimum atomic E-state index is -0.631. The van der Waals surface area contributed by atoms with Crippen molar-refractivity contribution in [2.24, 2.45) is 0 Å². The number of carbonyl (C=O) groups excluding carboxylic acids is 1. The first kappa shape index (κ1) is 15.1. The summed E-state index contributed by atoms with van der Waals surface area (Å²) >= 11 is 1.75. The van der Waals surface area contributed by atoms with Crippen LogP contribution in [0, 0.1) is 6.92 Å². The minimum absolute atomic E-state index is 0.00332. The molecule has 0 fully saturated rings. The highest BCUT2D eigenvalue weighted by molar-refractivity contribution is 7.99. The Morgan fingerprint density at radius 2 is 2.17 bits per heavy atom. The highest BCUT2D eigenvalue weighted by atomic mass is 32.2. The van der Waals surface area contributed by atoms with E-state index in [-0.39, 0.29) is 12.5 Å². The maximum Gasteiger partial charge on any atom is 0.220 e. The van der Waals surface area contributed by atoms with E-state index in [9.17, 15) is 9.90 Å². The molecule has 0 aliphatic heterocycles. The Morgan fingerprint density at radius 3 is 2.83 bits per heavy atom. The number of rotatable bonds is 7. The lowest BCUT2D eigenvalue weighted by Crippen LogP contribution is -2.28. The van der Waals surface area contributed by atoms with Crippen molar-refractivity contribution in [1.29, 1.82) is 0 Å². The molecule has 18 heavy (non-hydrogen) atoms. The summed E-state index contributed by atoms with van der Waals surface area (Å²) < 4.78 is 0. The van der Waals surface area contributed by atoms with Crippen molar-refractivity contribution in [3.05, 3.63) is 35.4 Å². The number of carbonyl (C=O) groups is 1. The molecule has 0 radical (unpaired) electrons. The van der Waals surface area contributed by atoms with E-state index in [1.165, 1.54) is 0 Å². The quantitative estimate of drug-likeness (QED) is 0.745. The van der Waals surface area contributed by atoms with Crippen molar-refractivity contribution in [3.63, 3.8) is 0 Å². The van der Waals surface area contributed by atoms with Crippen LogP contribution in [0.5, 0.6) is 0 Å². The van der Waals surface area contributed by atoms with Gasteiger partial charge >= 0.3 is 0 Å². The van der Waals surface area contributed by atoms with Gasteiger partial charge in [-0.2, -0.15) is 11.8 Å². The number of aliphatic hydroxyl groups is 1. The Balaban J connectivity index is 2.35. The lowest BCUT2D eigenvalue weighted by molar-refractivity contribution is -0.121. The van der Waals surface area contributed by atoms with E-state index in [2.05, 4.69) is 12.2 Å². The van der Waals surface area contributed by atoms with Crippen LogP contribution < -0.4 is 5.32 Å². The molecular formula is C14H21NO2S. The number of hydrogen-bond donors (Lipinski definition) is 2. The van der Waals surface area contributed by atoms with Gasteiger partial charge in [0, 0.05) is 18.7 Å². The van der Waals surface area contributed by atoms with Crippen molar-refractivity contribution < 1.29 is 9.90 Å². The van der Waals surface area contributed by atoms with Gasteiger partial charge < -0.3 is 10.4 Å². The van der Waals surface area contributed by atoms with E-state index >= 15 is 0 Å². The van der Waals surface area contributed by atoms with Gasteiger partial charge in [-0.05, 0) is 23.8 Å². The van der Waals surface area contributed by atoms with Crippen molar-refractivity contribution >= 4 is 17.7 Å². The molecule has 0 aromatic heterocycles. The number of amides is 1. The second-order valence-corrected chi connectivity index (χ2v) is 5.52. The zero-order valence-corrected chi connectivity index (χ0v) is 11.8. The molecule has 1 aromatic rings. The topological polar surface area (TPSA) is 49.3 Å². The van der Waals surface area contributed by atoms with Crippen LogP contribution in [-0.4, -0.2) is 29.1 Å². The van der Waals surface area contributed by atoms with Gasteiger partial charge in [0.05, 0.1) is 6.10 Å². The molecule has 0 saturated carbocycles. The molecule has 0 saturated heterocycles. The molecule has 1 rings (SSSR count). The molecule has 100 valence electrons. The monoisotopic (exact) mass is 267 g/mol. The van der Waals surface area contributed by atoms with Crippen LogP contribution in [0.4, 0.5) is 0 Å². The van der Waals surface area contributed by atoms with E-state index in [0.29, 0.717) is 6.42 Å². The Kier molecular flexibility index (Phi) is 6.83. The van der Waals surface area contributed by atoms with Crippen molar-refractivity contribution in [2.75, 3.05) is 18.1 Å². The molecule has 0 spiro atoms. The maximum absolute atomic E-state index is 11.5. The molecule has 0 heterocycles. The van der Waals surface area contributed by atoms with E-state index in [1.54, 1.807) is 11.8 Å². The molecule has 1 aromatic carbocycles. The fourth-order valence-corrected chi connectivity index (χ4v) is 2.30. The van der Waals surface area contributed by atoms with Crippen molar-refractivity contribution in [3.8, 4) is 0 Å². The summed E-state index contributed by atoms with van der Waals surface area (Å²) in [6.45, 7) is 4.31. The SMILES string of the molecule is CCSCCC(=O)NCC(O)c1ccccc1C. The first-order chi connectivity index (χ1) is 8.65. The molecule has 0 bridgehead atoms. The van der Waals surface area contributed by atoms with Gasteiger partial charge in [-0.25, -0.2) is 0 Å². The Labute approximate surface area is 113 Å². The summed E-state index contributed by atoms with van der Waals surface area (Å²) in [5, 5.41) is 12.8. The van der Waals surface area contributed by atoms with Crippen molar-refractivity contribution in [2.45, 2.75) is 26.4 Å². The lowest BCUT2D eigenvalue weighted by Gasteiger charge is -2.14. The molecule has 1 atom stereocenters. The summed E-state index contributed by atoms with van der Waals surface area (Å²) in [6.07, 6.45) is -0.118. The predicted molar refractivity (Wildman–Crippen MR) is 76.8 cm³/mol. The van der Waals surface area contributed by atoms with E-state index in [4.69, 9.17) is 0 Å². The van der Waals surface area contributed by atoms with Gasteiger partial charge in [0.2, 0.25) is 5.91 Å². The third-order valence-corrected chi connectivity index (χ3v) is 3.62. The summed E-state index contributed by atoms with van der Waals surface area (Å²) in [5.41, 5.74) is 1.92. The summed E-state index contributed by atoms with van der Waals surface area (Å²) in [6, 6.07) is 7.68. The standard InChI is InChI=1S/C14H21NO2S/c1-3-18-9-8-14(17)15-10-13(16)12-7-5-4-6-11(12)2/h4-7,13,16H,3,8-10H2,1-2H3,(H,15,17). The smallest absolute Gasteiger partial charge is 0.220 e. The maximum atomic E-state index is 11.5. The molecule has 0 aliphatic carbocycles. The fourth-order valence-electron chi connectivity index (χ4n) is 1.68. The number of thioether (sulfide) groups is 1. The van der Waals surface area contributed by atoms with Crippen LogP contribution in [-0.2, 0) is 4.79 Å². The molecule has 3 nitrogen and oxygen atoms in total. The molecule has 1 unspecified atom stereocenters. The van der Waals surface area contributed by atoms with E-state index < -0.39 is 6.10 Å². The molecule has 4 heteroatoms. The number of aliphatic hydroxyl groups excluding tert-OH is 1. The van der Waals surface area contributed by atoms with E-state index in [1.807, 2.05) is 31.2 Å². The molecule has 2 N–H and O–H groups in total. The van der Waals surface area contributed by atoms with Gasteiger partial charge in [0.15, 0.2) is 0 Å². The summed E-state index contributed by atoms with van der Waals surface area (Å²) in [4.78, 5) is 11.5. The molecule has 0 aliphatic rings. The van der Waals surface area contributed by atoms with Gasteiger partial charge in [-0.1, -0.05) is 31.2 Å². The number of hydrogen-bond acceptors (Lipinski definition) is 3. The predicted octanol–water partition coefficient (Wildman–Crippen LogP) is 2.29. The van der Waals surface area contributed by atoms with Crippen LogP contribution in [0.15, 0.2) is 24.3 Å². The third kappa shape index (κ3) is 5.10. The second-order valence-electron chi connectivity index (χ2n) is 4.12. The van der Waals surface area contributed by atoms with Crippen LogP contribution in [0.1, 0.15) is 30.6 Å². The zero-order chi connectivity index (χ0) is 13.4. The Bertz CT molecular complexity index is 382. The van der Waals surface area contributed by atoms with Crippen molar-refractivity contribution in [1.82, 2.24) is 5.32 Å². The third-order valence-electron chi connectivity index (χ3n) is 2.72. The average Bonchev–Trinajstić information content (AvgIpc) is 2.37. The van der Waals surface area contributed by atoms with Crippen LogP contribution >= 0.6 is 11.8 Å². The fraction of sp³-hybridized carbons (Fsp3) is 0.500. The van der Waals surface area contributed by atoms with Crippen LogP contribution in [0.3, 0.4) is 0 Å². The second kappa shape index (κ2) is 8.16. The first-order valence-corrected chi connectivity index (χ1v) is 7.38. The lowest BCUT2D eigenvalue weighted by atomic mass is 10.0. The minimum Gasteiger partial charge on any atom is -0.387 e. The van der Waals surface area contributed by atoms with Crippen LogP contribution in [0.2, 0.25) is 0 Å². The normalized spacial score (nSPS) is 12.2. The number of benzene rings is 1. The Hall–Kier alpha value is -1.00. The zero-order valence-electron chi connectivity index (χ0n) is 11.0. The number of aryl methyl sites for hydroxylation is 1. The molecule has 1 amide bonds. The Morgan fingerprint density at radius 1 is 1.44 bits per heavy atom. The van der Waals surface area contributed by atoms with Gasteiger partial charge in [-0.15, -0.1) is 0 Å². The molecular weight excluding hydrogens is 246 g/mol. The first-order valence-electron chi connectivity index (χ1n) is 6.23.